The zero-order chi connectivity index (χ0) is 11.1. The Balaban J connectivity index is 2.41. The molecule has 0 aromatic carbocycles. The molecule has 7 nitrogen and oxygen atoms in total. The smallest absolute Gasteiger partial charge is 0.232 e. The number of nitrogen functional groups attached to an aromatic ring is 1. The van der Waals surface area contributed by atoms with Crippen LogP contribution in [0.1, 0.15) is 26.7 Å². The summed E-state index contributed by atoms with van der Waals surface area (Å²) in [7, 11) is 0. The Morgan fingerprint density at radius 1 is 1.13 bits per heavy atom. The fraction of sp³-hybridized carbons (Fsp3) is 0.500. The van der Waals surface area contributed by atoms with Gasteiger partial charge in [0.15, 0.2) is 11.5 Å². The van der Waals surface area contributed by atoms with Crippen molar-refractivity contribution in [3.8, 4) is 11.5 Å². The van der Waals surface area contributed by atoms with Crippen molar-refractivity contribution in [3.63, 3.8) is 0 Å². The first-order valence-corrected chi connectivity index (χ1v) is 4.41. The average molecular weight is 209 g/mol. The van der Waals surface area contributed by atoms with Crippen molar-refractivity contribution in [2.24, 2.45) is 0 Å². The van der Waals surface area contributed by atoms with Crippen molar-refractivity contribution < 1.29 is 9.15 Å². The summed E-state index contributed by atoms with van der Waals surface area (Å²) in [5.41, 5.74) is 5.59. The van der Waals surface area contributed by atoms with Gasteiger partial charge in [-0.2, -0.15) is 4.98 Å². The zero-order valence-electron chi connectivity index (χ0n) is 8.68. The first-order chi connectivity index (χ1) is 6.98. The molecule has 0 aliphatic rings. The van der Waals surface area contributed by atoms with Crippen LogP contribution in [-0.2, 0) is 5.41 Å². The molecule has 2 aromatic rings. The highest BCUT2D eigenvalue weighted by molar-refractivity contribution is 5.61. The number of rotatable bonds is 1. The van der Waals surface area contributed by atoms with Crippen molar-refractivity contribution >= 4 is 5.82 Å². The zero-order valence-corrected chi connectivity index (χ0v) is 8.68. The van der Waals surface area contributed by atoms with Crippen molar-refractivity contribution in [1.82, 2.24) is 20.5 Å². The van der Waals surface area contributed by atoms with E-state index in [1.807, 2.05) is 20.8 Å². The highest BCUT2D eigenvalue weighted by Crippen LogP contribution is 2.24. The van der Waals surface area contributed by atoms with Gasteiger partial charge in [-0.15, -0.1) is 0 Å². The molecule has 2 aromatic heterocycles. The minimum atomic E-state index is -0.211. The second kappa shape index (κ2) is 3.04. The normalized spacial score (nSPS) is 11.9. The van der Waals surface area contributed by atoms with E-state index in [1.54, 1.807) is 0 Å². The van der Waals surface area contributed by atoms with Crippen LogP contribution in [0.25, 0.3) is 11.5 Å². The van der Waals surface area contributed by atoms with Gasteiger partial charge in [-0.3, -0.25) is 0 Å². The van der Waals surface area contributed by atoms with Crippen LogP contribution in [0.15, 0.2) is 9.15 Å². The van der Waals surface area contributed by atoms with E-state index in [-0.39, 0.29) is 11.2 Å². The van der Waals surface area contributed by atoms with Gasteiger partial charge in [-0.05, 0) is 10.3 Å². The molecule has 0 aliphatic heterocycles. The summed E-state index contributed by atoms with van der Waals surface area (Å²) >= 11 is 0. The number of nitrogens with zero attached hydrogens (tertiary/aromatic N) is 4. The third-order valence-electron chi connectivity index (χ3n) is 1.79. The van der Waals surface area contributed by atoms with E-state index in [0.717, 1.165) is 0 Å². The van der Waals surface area contributed by atoms with Crippen LogP contribution in [-0.4, -0.2) is 20.5 Å². The molecule has 15 heavy (non-hydrogen) atoms. The van der Waals surface area contributed by atoms with Gasteiger partial charge < -0.3 is 10.3 Å². The monoisotopic (exact) mass is 209 g/mol. The van der Waals surface area contributed by atoms with Gasteiger partial charge in [0, 0.05) is 5.41 Å². The minimum Gasteiger partial charge on any atom is -0.379 e. The van der Waals surface area contributed by atoms with Gasteiger partial charge in [-0.1, -0.05) is 25.9 Å². The fourth-order valence-electron chi connectivity index (χ4n) is 0.975. The lowest BCUT2D eigenvalue weighted by atomic mass is 9.97. The molecule has 0 unspecified atom stereocenters. The molecule has 0 saturated heterocycles. The largest absolute Gasteiger partial charge is 0.379 e. The molecule has 0 fully saturated rings. The molecule has 2 heterocycles. The van der Waals surface area contributed by atoms with Crippen LogP contribution < -0.4 is 5.73 Å². The summed E-state index contributed by atoms with van der Waals surface area (Å²) in [6.07, 6.45) is 0. The van der Waals surface area contributed by atoms with E-state index >= 15 is 0 Å². The van der Waals surface area contributed by atoms with Crippen molar-refractivity contribution in [3.05, 3.63) is 5.89 Å². The van der Waals surface area contributed by atoms with E-state index in [2.05, 4.69) is 25.1 Å². The maximum Gasteiger partial charge on any atom is 0.232 e. The van der Waals surface area contributed by atoms with Crippen LogP contribution >= 0.6 is 0 Å². The topological polar surface area (TPSA) is 104 Å². The number of hydrogen-bond donors (Lipinski definition) is 1. The van der Waals surface area contributed by atoms with Gasteiger partial charge in [0.1, 0.15) is 0 Å². The Morgan fingerprint density at radius 3 is 2.33 bits per heavy atom. The Bertz CT molecular complexity index is 467. The second-order valence-electron chi connectivity index (χ2n) is 4.17. The average Bonchev–Trinajstić information content (AvgIpc) is 2.69. The lowest BCUT2D eigenvalue weighted by Crippen LogP contribution is -2.11. The molecular formula is C8H11N5O2. The van der Waals surface area contributed by atoms with Crippen LogP contribution in [0.2, 0.25) is 0 Å². The summed E-state index contributed by atoms with van der Waals surface area (Å²) in [6, 6.07) is 0. The molecule has 80 valence electrons. The van der Waals surface area contributed by atoms with Crippen molar-refractivity contribution in [1.29, 1.82) is 0 Å². The summed E-state index contributed by atoms with van der Waals surface area (Å²) in [5.74, 6) is 0.954. The lowest BCUT2D eigenvalue weighted by Gasteiger charge is -2.10. The Morgan fingerprint density at radius 2 is 1.87 bits per heavy atom. The molecule has 0 bridgehead atoms. The lowest BCUT2D eigenvalue weighted by molar-refractivity contribution is 0.309. The quantitative estimate of drug-likeness (QED) is 0.746. The maximum absolute atomic E-state index is 5.50. The molecule has 2 rings (SSSR count). The van der Waals surface area contributed by atoms with Gasteiger partial charge in [-0.25, -0.2) is 4.63 Å². The first kappa shape index (κ1) is 9.63. The fourth-order valence-corrected chi connectivity index (χ4v) is 0.975. The van der Waals surface area contributed by atoms with Gasteiger partial charge in [0.2, 0.25) is 11.7 Å². The molecule has 0 saturated carbocycles. The maximum atomic E-state index is 5.50. The van der Waals surface area contributed by atoms with Crippen molar-refractivity contribution in [2.75, 3.05) is 5.73 Å². The molecule has 0 aliphatic carbocycles. The van der Waals surface area contributed by atoms with Crippen LogP contribution in [0.4, 0.5) is 5.82 Å². The van der Waals surface area contributed by atoms with E-state index in [1.165, 1.54) is 0 Å². The molecule has 2 N–H and O–H groups in total. The Labute approximate surface area is 85.6 Å². The summed E-state index contributed by atoms with van der Waals surface area (Å²) < 4.78 is 9.53. The number of anilines is 1. The Kier molecular flexibility index (Phi) is 1.95. The van der Waals surface area contributed by atoms with E-state index in [9.17, 15) is 0 Å². The Hall–Kier alpha value is -1.92. The third kappa shape index (κ3) is 1.67. The molecule has 0 spiro atoms. The van der Waals surface area contributed by atoms with E-state index in [0.29, 0.717) is 17.4 Å². The number of hydrogen-bond acceptors (Lipinski definition) is 7. The highest BCUT2D eigenvalue weighted by atomic mass is 16.6. The minimum absolute atomic E-state index is 0.149. The van der Waals surface area contributed by atoms with E-state index < -0.39 is 0 Å². The van der Waals surface area contributed by atoms with E-state index in [4.69, 9.17) is 10.3 Å². The molecule has 0 radical (unpaired) electrons. The second-order valence-corrected chi connectivity index (χ2v) is 4.17. The molecular weight excluding hydrogens is 198 g/mol. The summed E-state index contributed by atoms with van der Waals surface area (Å²) in [6.45, 7) is 5.90. The first-order valence-electron chi connectivity index (χ1n) is 4.41. The predicted octanol–water partition coefficient (Wildman–Crippen LogP) is 0.999. The van der Waals surface area contributed by atoms with Crippen molar-refractivity contribution in [2.45, 2.75) is 26.2 Å². The highest BCUT2D eigenvalue weighted by Gasteiger charge is 2.24. The molecule has 0 atom stereocenters. The number of aromatic nitrogens is 4. The third-order valence-corrected chi connectivity index (χ3v) is 1.79. The summed E-state index contributed by atoms with van der Waals surface area (Å²) in [5, 5.41) is 10.8. The van der Waals surface area contributed by atoms with Crippen LogP contribution in [0.5, 0.6) is 0 Å². The summed E-state index contributed by atoms with van der Waals surface area (Å²) in [4.78, 5) is 4.16. The SMILES string of the molecule is CC(C)(C)c1nc(-c2nonc2N)no1. The predicted molar refractivity (Wildman–Crippen MR) is 50.7 cm³/mol. The molecule has 7 heteroatoms. The van der Waals surface area contributed by atoms with Gasteiger partial charge in [0.05, 0.1) is 0 Å². The van der Waals surface area contributed by atoms with Gasteiger partial charge >= 0.3 is 0 Å². The van der Waals surface area contributed by atoms with Gasteiger partial charge in [0.25, 0.3) is 0 Å². The van der Waals surface area contributed by atoms with Crippen LogP contribution in [0, 0.1) is 0 Å². The number of nitrogens with two attached hydrogens (primary N) is 1. The van der Waals surface area contributed by atoms with Crippen LogP contribution in [0.3, 0.4) is 0 Å². The molecule has 0 amide bonds. The standard InChI is InChI=1S/C8H11N5O2/c1-8(2,3)7-10-6(13-14-7)4-5(9)12-15-11-4/h1-3H3,(H2,9,12).